The highest BCUT2D eigenvalue weighted by atomic mass is 16.3. The van der Waals surface area contributed by atoms with Gasteiger partial charge < -0.3 is 20.4 Å². The molecule has 3 aliphatic carbocycles. The summed E-state index contributed by atoms with van der Waals surface area (Å²) in [5.41, 5.74) is -3.95. The molecule has 0 radical (unpaired) electrons. The van der Waals surface area contributed by atoms with E-state index in [2.05, 4.69) is 18.8 Å². The van der Waals surface area contributed by atoms with E-state index in [0.717, 1.165) is 25.3 Å². The van der Waals surface area contributed by atoms with Crippen LogP contribution in [0.2, 0.25) is 0 Å². The number of hydrogen-bond acceptors (Lipinski definition) is 7. The molecule has 7 nitrogen and oxygen atoms in total. The van der Waals surface area contributed by atoms with Gasteiger partial charge in [-0.15, -0.1) is 0 Å². The first kappa shape index (κ1) is 30.6. The number of aliphatic hydroxyl groups is 3. The SMILES string of the molecule is CCCCC#Cc1cc(C(C)C)c2c(c1O)C(=O)C1=C(O)[C@@]3(O)C(=O)C(C(C)=O)=C(O)C(C(C)C)[C@@]3(C)C[C@@]1(C)C2. The highest BCUT2D eigenvalue weighted by Crippen LogP contribution is 2.65. The van der Waals surface area contributed by atoms with E-state index in [4.69, 9.17) is 0 Å². The van der Waals surface area contributed by atoms with Gasteiger partial charge >= 0.3 is 0 Å². The molecule has 0 fully saturated rings. The van der Waals surface area contributed by atoms with E-state index >= 15 is 0 Å². The Morgan fingerprint density at radius 2 is 1.76 bits per heavy atom. The number of ketones is 3. The molecule has 41 heavy (non-hydrogen) atoms. The number of allylic oxidation sites excluding steroid dienone is 2. The highest BCUT2D eigenvalue weighted by Gasteiger charge is 2.71. The van der Waals surface area contributed by atoms with Crippen LogP contribution in [0.1, 0.15) is 114 Å². The monoisotopic (exact) mass is 562 g/mol. The molecule has 4 rings (SSSR count). The van der Waals surface area contributed by atoms with Crippen LogP contribution >= 0.6 is 0 Å². The lowest BCUT2D eigenvalue weighted by Gasteiger charge is -2.59. The molecule has 1 aromatic carbocycles. The summed E-state index contributed by atoms with van der Waals surface area (Å²) in [7, 11) is 0. The molecule has 0 aliphatic heterocycles. The number of phenols is 1. The number of fused-ring (bicyclic) bond motifs is 3. The van der Waals surface area contributed by atoms with Gasteiger partial charge in [0, 0.05) is 28.7 Å². The number of carbonyl (C=O) groups is 3. The van der Waals surface area contributed by atoms with Gasteiger partial charge in [0.1, 0.15) is 22.8 Å². The van der Waals surface area contributed by atoms with Crippen molar-refractivity contribution in [3.8, 4) is 17.6 Å². The molecular formula is C34H42O7. The van der Waals surface area contributed by atoms with Gasteiger partial charge in [-0.05, 0) is 55.2 Å². The standard InChI is InChI=1S/C34H42O7/c1-9-10-11-12-13-20-14-21(17(2)3)22-15-32(7)16-33(8)25(18(4)5)28(37)23(19(6)35)30(39)34(33,41)31(40)26(32)29(38)24(22)27(20)36/h14,17-18,25,36-37,40-41H,9-11,15-16H2,1-8H3/t25?,32-,33-,34+/m1/s1. The fraction of sp³-hybridized carbons (Fsp3) is 0.559. The van der Waals surface area contributed by atoms with Crippen molar-refractivity contribution in [1.29, 1.82) is 0 Å². The number of aromatic hydroxyl groups is 1. The first-order valence-corrected chi connectivity index (χ1v) is 14.6. The van der Waals surface area contributed by atoms with Crippen molar-refractivity contribution in [2.75, 3.05) is 0 Å². The van der Waals surface area contributed by atoms with E-state index < -0.39 is 51.0 Å². The fourth-order valence-corrected chi connectivity index (χ4v) is 7.86. The van der Waals surface area contributed by atoms with E-state index in [9.17, 15) is 34.8 Å². The number of rotatable bonds is 5. The van der Waals surface area contributed by atoms with Crippen LogP contribution in [0.5, 0.6) is 5.75 Å². The average Bonchev–Trinajstić information content (AvgIpc) is 2.84. The lowest BCUT2D eigenvalue weighted by Crippen LogP contribution is -2.67. The Labute approximate surface area is 242 Å². The third kappa shape index (κ3) is 4.17. The van der Waals surface area contributed by atoms with Gasteiger partial charge in [-0.2, -0.15) is 0 Å². The molecule has 0 saturated heterocycles. The first-order valence-electron chi connectivity index (χ1n) is 14.6. The van der Waals surface area contributed by atoms with Crippen molar-refractivity contribution < 1.29 is 34.8 Å². The zero-order valence-corrected chi connectivity index (χ0v) is 25.4. The molecule has 4 atom stereocenters. The van der Waals surface area contributed by atoms with Gasteiger partial charge in [0.05, 0.1) is 11.1 Å². The third-order valence-electron chi connectivity index (χ3n) is 9.54. The Morgan fingerprint density at radius 3 is 2.29 bits per heavy atom. The summed E-state index contributed by atoms with van der Waals surface area (Å²) in [6.45, 7) is 14.3. The summed E-state index contributed by atoms with van der Waals surface area (Å²) >= 11 is 0. The summed E-state index contributed by atoms with van der Waals surface area (Å²) in [6, 6.07) is 1.83. The number of aliphatic hydroxyl groups excluding tert-OH is 2. The zero-order chi connectivity index (χ0) is 30.8. The third-order valence-corrected chi connectivity index (χ3v) is 9.54. The normalized spacial score (nSPS) is 29.3. The van der Waals surface area contributed by atoms with Crippen LogP contribution in [0.3, 0.4) is 0 Å². The predicted molar refractivity (Wildman–Crippen MR) is 156 cm³/mol. The van der Waals surface area contributed by atoms with Crippen LogP contribution < -0.4 is 0 Å². The van der Waals surface area contributed by atoms with E-state index in [1.165, 1.54) is 0 Å². The summed E-state index contributed by atoms with van der Waals surface area (Å²) in [5.74, 6) is 0.910. The smallest absolute Gasteiger partial charge is 0.209 e. The van der Waals surface area contributed by atoms with Crippen LogP contribution in [0.4, 0.5) is 0 Å². The van der Waals surface area contributed by atoms with Gasteiger partial charge in [0.2, 0.25) is 5.78 Å². The first-order chi connectivity index (χ1) is 19.0. The highest BCUT2D eigenvalue weighted by molar-refractivity contribution is 6.25. The van der Waals surface area contributed by atoms with E-state index in [-0.39, 0.29) is 47.3 Å². The Balaban J connectivity index is 2.04. The molecule has 0 amide bonds. The second-order valence-corrected chi connectivity index (χ2v) is 13.2. The summed E-state index contributed by atoms with van der Waals surface area (Å²) in [5, 5.41) is 46.6. The van der Waals surface area contributed by atoms with Gasteiger partial charge in [0.15, 0.2) is 17.2 Å². The summed E-state index contributed by atoms with van der Waals surface area (Å²) < 4.78 is 0. The number of Topliss-reactive ketones (excluding diaryl/α,β-unsaturated/α-hetero) is 3. The van der Waals surface area contributed by atoms with Crippen molar-refractivity contribution in [2.45, 2.75) is 99.0 Å². The number of benzene rings is 1. The second kappa shape index (κ2) is 10.2. The van der Waals surface area contributed by atoms with Crippen LogP contribution in [0.25, 0.3) is 0 Å². The van der Waals surface area contributed by atoms with Crippen LogP contribution in [0.15, 0.2) is 28.7 Å². The van der Waals surface area contributed by atoms with Crippen LogP contribution in [-0.4, -0.2) is 43.4 Å². The zero-order valence-electron chi connectivity index (χ0n) is 25.4. The van der Waals surface area contributed by atoms with E-state index in [1.54, 1.807) is 6.92 Å². The van der Waals surface area contributed by atoms with E-state index in [0.29, 0.717) is 17.5 Å². The topological polar surface area (TPSA) is 132 Å². The molecule has 1 unspecified atom stereocenters. The molecule has 0 aromatic heterocycles. The maximum absolute atomic E-state index is 14.3. The molecular weight excluding hydrogens is 520 g/mol. The lowest BCUT2D eigenvalue weighted by atomic mass is 9.44. The number of phenolic OH excluding ortho intramolecular Hbond substituents is 1. The molecule has 0 heterocycles. The van der Waals surface area contributed by atoms with Gasteiger partial charge in [0.25, 0.3) is 0 Å². The average molecular weight is 563 g/mol. The molecule has 0 saturated carbocycles. The minimum absolute atomic E-state index is 0.00282. The van der Waals surface area contributed by atoms with Crippen molar-refractivity contribution in [3.05, 3.63) is 51.0 Å². The number of carbonyl (C=O) groups excluding carboxylic acids is 3. The summed E-state index contributed by atoms with van der Waals surface area (Å²) in [6.07, 6.45) is 2.85. The lowest BCUT2D eigenvalue weighted by molar-refractivity contribution is -0.171. The van der Waals surface area contributed by atoms with Crippen molar-refractivity contribution in [2.24, 2.45) is 22.7 Å². The Kier molecular flexibility index (Phi) is 7.58. The minimum atomic E-state index is -2.62. The minimum Gasteiger partial charge on any atom is -0.511 e. The molecule has 220 valence electrons. The maximum Gasteiger partial charge on any atom is 0.209 e. The summed E-state index contributed by atoms with van der Waals surface area (Å²) in [4.78, 5) is 40.7. The van der Waals surface area contributed by atoms with Crippen molar-refractivity contribution >= 4 is 17.3 Å². The van der Waals surface area contributed by atoms with Crippen molar-refractivity contribution in [1.82, 2.24) is 0 Å². The van der Waals surface area contributed by atoms with E-state index in [1.807, 2.05) is 40.7 Å². The van der Waals surface area contributed by atoms with Gasteiger partial charge in [-0.1, -0.05) is 66.7 Å². The Bertz CT molecular complexity index is 1480. The number of unbranched alkanes of at least 4 members (excludes halogenated alkanes) is 2. The quantitative estimate of drug-likeness (QED) is 0.196. The van der Waals surface area contributed by atoms with Crippen LogP contribution in [-0.2, 0) is 16.0 Å². The largest absolute Gasteiger partial charge is 0.511 e. The van der Waals surface area contributed by atoms with Crippen molar-refractivity contribution in [3.63, 3.8) is 0 Å². The Morgan fingerprint density at radius 1 is 1.12 bits per heavy atom. The second-order valence-electron chi connectivity index (χ2n) is 13.2. The fourth-order valence-electron chi connectivity index (χ4n) is 7.86. The molecule has 7 heteroatoms. The molecule has 1 aromatic rings. The van der Waals surface area contributed by atoms with Gasteiger partial charge in [-0.25, -0.2) is 0 Å². The molecule has 0 spiro atoms. The Hall–Kier alpha value is -3.37. The maximum atomic E-state index is 14.3. The molecule has 0 bridgehead atoms. The molecule has 4 N–H and O–H groups in total. The van der Waals surface area contributed by atoms with Crippen LogP contribution in [0, 0.1) is 34.5 Å². The molecule has 3 aliphatic rings. The predicted octanol–water partition coefficient (Wildman–Crippen LogP) is 6.01. The number of hydrogen-bond donors (Lipinski definition) is 4. The van der Waals surface area contributed by atoms with Gasteiger partial charge in [-0.3, -0.25) is 14.4 Å².